The summed E-state index contributed by atoms with van der Waals surface area (Å²) in [6.45, 7) is 1.74. The zero-order valence-corrected chi connectivity index (χ0v) is 11.2. The Hall–Kier alpha value is -0.760. The van der Waals surface area contributed by atoms with Crippen molar-refractivity contribution in [2.75, 3.05) is 13.2 Å². The Balaban J connectivity index is 2.45. The van der Waals surface area contributed by atoms with E-state index < -0.39 is 11.1 Å². The van der Waals surface area contributed by atoms with Crippen LogP contribution in [0.2, 0.25) is 0 Å². The molecule has 0 amide bonds. The quantitative estimate of drug-likeness (QED) is 0.704. The average molecular weight is 295 g/mol. The highest BCUT2D eigenvalue weighted by atomic mass is 32.2. The summed E-state index contributed by atoms with van der Waals surface area (Å²) in [5.74, 6) is 0. The molecule has 0 heterocycles. The van der Waals surface area contributed by atoms with Gasteiger partial charge in [-0.1, -0.05) is 12.1 Å². The van der Waals surface area contributed by atoms with Gasteiger partial charge in [0.05, 0.1) is 12.2 Å². The molecule has 1 atom stereocenters. The molecule has 3 N–H and O–H groups in total. The molecular weight excluding hydrogens is 279 g/mol. The van der Waals surface area contributed by atoms with Crippen molar-refractivity contribution in [2.24, 2.45) is 0 Å². The minimum atomic E-state index is -4.28. The van der Waals surface area contributed by atoms with Crippen LogP contribution in [0.15, 0.2) is 29.2 Å². The Kier molecular flexibility index (Phi) is 5.66. The first kappa shape index (κ1) is 16.3. The van der Waals surface area contributed by atoms with E-state index in [4.69, 9.17) is 5.11 Å². The minimum absolute atomic E-state index is 0.138. The summed E-state index contributed by atoms with van der Waals surface area (Å²) in [4.78, 5) is 0.138. The van der Waals surface area contributed by atoms with E-state index in [0.717, 1.165) is 5.56 Å². The Morgan fingerprint density at radius 1 is 1.21 bits per heavy atom. The van der Waals surface area contributed by atoms with E-state index in [9.17, 15) is 18.3 Å². The lowest BCUT2D eigenvalue weighted by Gasteiger charge is -2.20. The molecule has 1 unspecified atom stereocenters. The molecule has 7 heteroatoms. The lowest BCUT2D eigenvalue weighted by molar-refractivity contribution is -0.0328. The predicted octanol–water partition coefficient (Wildman–Crippen LogP) is 2.13. The van der Waals surface area contributed by atoms with Gasteiger partial charge in [-0.15, -0.1) is 0 Å². The fourth-order valence-electron chi connectivity index (χ4n) is 1.34. The summed E-state index contributed by atoms with van der Waals surface area (Å²) >= 11 is -0.152. The lowest BCUT2D eigenvalue weighted by Crippen LogP contribution is -2.40. The van der Waals surface area contributed by atoms with Crippen molar-refractivity contribution in [1.29, 1.82) is 0 Å². The van der Waals surface area contributed by atoms with Crippen molar-refractivity contribution >= 4 is 11.8 Å². The third-order valence-corrected chi connectivity index (χ3v) is 3.07. The molecule has 0 bridgehead atoms. The van der Waals surface area contributed by atoms with Crippen LogP contribution >= 0.6 is 11.8 Å². The van der Waals surface area contributed by atoms with E-state index in [1.807, 2.05) is 0 Å². The Morgan fingerprint density at radius 2 is 1.79 bits per heavy atom. The molecule has 1 aromatic carbocycles. The standard InChI is InChI=1S/C12H16F3NO2S/c1-11(18,8-17)7-16-6-9-2-4-10(5-3-9)19-12(13,14)15/h2-5,16-18H,6-8H2,1H3. The second-order valence-corrected chi connectivity index (χ2v) is 5.59. The van der Waals surface area contributed by atoms with Crippen LogP contribution in [0.5, 0.6) is 0 Å². The number of nitrogens with one attached hydrogen (secondary N) is 1. The summed E-state index contributed by atoms with van der Waals surface area (Å²) in [7, 11) is 0. The monoisotopic (exact) mass is 295 g/mol. The van der Waals surface area contributed by atoms with E-state index in [0.29, 0.717) is 6.54 Å². The van der Waals surface area contributed by atoms with Gasteiger partial charge in [-0.25, -0.2) is 0 Å². The summed E-state index contributed by atoms with van der Waals surface area (Å²) in [5, 5.41) is 21.3. The fourth-order valence-corrected chi connectivity index (χ4v) is 1.88. The van der Waals surface area contributed by atoms with Crippen LogP contribution in [0.3, 0.4) is 0 Å². The lowest BCUT2D eigenvalue weighted by atomic mass is 10.1. The Labute approximate surface area is 113 Å². The number of halogens is 3. The van der Waals surface area contributed by atoms with E-state index in [2.05, 4.69) is 5.32 Å². The second-order valence-electron chi connectivity index (χ2n) is 4.45. The number of alkyl halides is 3. The normalized spacial score (nSPS) is 15.3. The second kappa shape index (κ2) is 6.60. The first-order valence-electron chi connectivity index (χ1n) is 5.60. The molecule has 0 aliphatic rings. The Bertz CT molecular complexity index is 393. The zero-order chi connectivity index (χ0) is 14.5. The molecule has 1 aromatic rings. The van der Waals surface area contributed by atoms with Gasteiger partial charge in [-0.3, -0.25) is 0 Å². The summed E-state index contributed by atoms with van der Waals surface area (Å²) in [6, 6.07) is 5.99. The van der Waals surface area contributed by atoms with Gasteiger partial charge in [0.15, 0.2) is 0 Å². The maximum Gasteiger partial charge on any atom is 0.446 e. The van der Waals surface area contributed by atoms with Crippen LogP contribution in [-0.4, -0.2) is 34.5 Å². The molecule has 0 radical (unpaired) electrons. The van der Waals surface area contributed by atoms with Crippen molar-refractivity contribution < 1.29 is 23.4 Å². The topological polar surface area (TPSA) is 52.5 Å². The number of benzene rings is 1. The highest BCUT2D eigenvalue weighted by Crippen LogP contribution is 2.36. The van der Waals surface area contributed by atoms with Gasteiger partial charge in [-0.2, -0.15) is 13.2 Å². The van der Waals surface area contributed by atoms with Crippen LogP contribution in [0.1, 0.15) is 12.5 Å². The molecule has 0 fully saturated rings. The molecule has 19 heavy (non-hydrogen) atoms. The number of rotatable bonds is 6. The molecular formula is C12H16F3NO2S. The molecule has 0 aromatic heterocycles. The maximum atomic E-state index is 12.1. The highest BCUT2D eigenvalue weighted by Gasteiger charge is 2.28. The van der Waals surface area contributed by atoms with Crippen LogP contribution in [0, 0.1) is 0 Å². The summed E-state index contributed by atoms with van der Waals surface area (Å²) in [6.07, 6.45) is 0. The van der Waals surface area contributed by atoms with Crippen LogP contribution < -0.4 is 5.32 Å². The van der Waals surface area contributed by atoms with Crippen LogP contribution in [0.4, 0.5) is 13.2 Å². The smallest absolute Gasteiger partial charge is 0.393 e. The van der Waals surface area contributed by atoms with Gasteiger partial charge in [0.25, 0.3) is 0 Å². The summed E-state index contributed by atoms with van der Waals surface area (Å²) < 4.78 is 36.3. The summed E-state index contributed by atoms with van der Waals surface area (Å²) in [5.41, 5.74) is -4.67. The molecule has 0 aliphatic carbocycles. The first-order valence-corrected chi connectivity index (χ1v) is 6.42. The SMILES string of the molecule is CC(O)(CO)CNCc1ccc(SC(F)(F)F)cc1. The molecule has 3 nitrogen and oxygen atoms in total. The predicted molar refractivity (Wildman–Crippen MR) is 67.8 cm³/mol. The van der Waals surface area contributed by atoms with Crippen molar-refractivity contribution in [3.8, 4) is 0 Å². The van der Waals surface area contributed by atoms with E-state index in [1.165, 1.54) is 19.1 Å². The fraction of sp³-hybridized carbons (Fsp3) is 0.500. The van der Waals surface area contributed by atoms with Gasteiger partial charge in [0.2, 0.25) is 0 Å². The number of aliphatic hydroxyl groups excluding tert-OH is 1. The van der Waals surface area contributed by atoms with Crippen molar-refractivity contribution in [3.05, 3.63) is 29.8 Å². The van der Waals surface area contributed by atoms with Gasteiger partial charge >= 0.3 is 5.51 Å². The van der Waals surface area contributed by atoms with Crippen molar-refractivity contribution in [3.63, 3.8) is 0 Å². The number of thioether (sulfide) groups is 1. The van der Waals surface area contributed by atoms with Gasteiger partial charge in [-0.05, 0) is 36.4 Å². The third-order valence-electron chi connectivity index (χ3n) is 2.33. The molecule has 1 rings (SSSR count). The molecule has 0 aliphatic heterocycles. The number of aliphatic hydroxyl groups is 2. The number of hydrogen-bond acceptors (Lipinski definition) is 4. The van der Waals surface area contributed by atoms with E-state index in [-0.39, 0.29) is 29.8 Å². The van der Waals surface area contributed by atoms with Crippen LogP contribution in [0.25, 0.3) is 0 Å². The highest BCUT2D eigenvalue weighted by molar-refractivity contribution is 8.00. The third kappa shape index (κ3) is 6.81. The van der Waals surface area contributed by atoms with E-state index in [1.54, 1.807) is 12.1 Å². The molecule has 0 saturated heterocycles. The van der Waals surface area contributed by atoms with Gasteiger partial charge in [0, 0.05) is 18.0 Å². The average Bonchev–Trinajstić information content (AvgIpc) is 2.29. The van der Waals surface area contributed by atoms with E-state index >= 15 is 0 Å². The van der Waals surface area contributed by atoms with Crippen molar-refractivity contribution in [1.82, 2.24) is 5.32 Å². The van der Waals surface area contributed by atoms with Gasteiger partial charge in [0.1, 0.15) is 0 Å². The molecule has 0 saturated carbocycles. The zero-order valence-electron chi connectivity index (χ0n) is 10.4. The molecule has 0 spiro atoms. The molecule has 108 valence electrons. The number of hydrogen-bond donors (Lipinski definition) is 3. The van der Waals surface area contributed by atoms with Crippen molar-refractivity contribution in [2.45, 2.75) is 29.5 Å². The maximum absolute atomic E-state index is 12.1. The first-order chi connectivity index (χ1) is 8.72. The Morgan fingerprint density at radius 3 is 2.26 bits per heavy atom. The largest absolute Gasteiger partial charge is 0.446 e. The minimum Gasteiger partial charge on any atom is -0.393 e. The van der Waals surface area contributed by atoms with Gasteiger partial charge < -0.3 is 15.5 Å². The van der Waals surface area contributed by atoms with Crippen LogP contribution in [-0.2, 0) is 6.54 Å².